The molecule has 3 nitrogen and oxygen atoms in total. The number of nitrogens with zero attached hydrogens (tertiary/aromatic N) is 1. The van der Waals surface area contributed by atoms with Crippen LogP contribution < -0.4 is 5.32 Å². The fraction of sp³-hybridized carbons (Fsp3) is 1.00. The molecule has 1 saturated heterocycles. The fourth-order valence-electron chi connectivity index (χ4n) is 2.31. The highest BCUT2D eigenvalue weighted by molar-refractivity contribution is 4.88. The smallest absolute Gasteiger partial charge is 0.0758 e. The summed E-state index contributed by atoms with van der Waals surface area (Å²) in [6.07, 6.45) is 0.905. The molecule has 14 heavy (non-hydrogen) atoms. The molecule has 0 saturated carbocycles. The number of aliphatic hydroxyl groups is 1. The molecular weight excluding hydrogens is 176 g/mol. The van der Waals surface area contributed by atoms with Crippen LogP contribution in [0.5, 0.6) is 0 Å². The minimum Gasteiger partial charge on any atom is -0.389 e. The first-order valence-corrected chi connectivity index (χ1v) is 5.44. The Labute approximate surface area is 87.5 Å². The monoisotopic (exact) mass is 200 g/mol. The Kier molecular flexibility index (Phi) is 3.56. The van der Waals surface area contributed by atoms with Gasteiger partial charge in [-0.1, -0.05) is 13.8 Å². The van der Waals surface area contributed by atoms with E-state index in [1.165, 1.54) is 0 Å². The minimum absolute atomic E-state index is 0.287. The molecule has 2 N–H and O–H groups in total. The van der Waals surface area contributed by atoms with E-state index in [0.717, 1.165) is 32.6 Å². The van der Waals surface area contributed by atoms with Crippen LogP contribution >= 0.6 is 0 Å². The van der Waals surface area contributed by atoms with Gasteiger partial charge in [-0.3, -0.25) is 4.90 Å². The molecule has 0 bridgehead atoms. The molecule has 1 aliphatic heterocycles. The summed E-state index contributed by atoms with van der Waals surface area (Å²) in [6.45, 7) is 10.4. The van der Waals surface area contributed by atoms with Crippen molar-refractivity contribution < 1.29 is 5.11 Å². The summed E-state index contributed by atoms with van der Waals surface area (Å²) >= 11 is 0. The number of hydrogen-bond acceptors (Lipinski definition) is 3. The van der Waals surface area contributed by atoms with E-state index in [0.29, 0.717) is 0 Å². The Bertz CT molecular complexity index is 190. The molecule has 1 atom stereocenters. The van der Waals surface area contributed by atoms with Crippen LogP contribution in [0.2, 0.25) is 0 Å². The summed E-state index contributed by atoms with van der Waals surface area (Å²) in [5.41, 5.74) is -0.176. The highest BCUT2D eigenvalue weighted by atomic mass is 16.3. The Hall–Kier alpha value is -0.120. The molecule has 0 aromatic carbocycles. The van der Waals surface area contributed by atoms with Gasteiger partial charge >= 0.3 is 0 Å². The summed E-state index contributed by atoms with van der Waals surface area (Å²) in [5.74, 6) is 0. The lowest BCUT2D eigenvalue weighted by molar-refractivity contribution is 0.0632. The lowest BCUT2D eigenvalue weighted by atomic mass is 9.93. The van der Waals surface area contributed by atoms with Crippen molar-refractivity contribution in [2.24, 2.45) is 5.41 Å². The van der Waals surface area contributed by atoms with Crippen molar-refractivity contribution in [1.29, 1.82) is 0 Å². The number of likely N-dealkylation sites (tertiary alicyclic amines) is 1. The molecule has 1 unspecified atom stereocenters. The molecule has 1 aliphatic rings. The average Bonchev–Trinajstić information content (AvgIpc) is 2.28. The van der Waals surface area contributed by atoms with Gasteiger partial charge in [-0.2, -0.15) is 0 Å². The van der Waals surface area contributed by atoms with Gasteiger partial charge in [0.15, 0.2) is 0 Å². The first kappa shape index (κ1) is 12.0. The SMILES string of the molecule is CNCC(C)(C)CN1CCC(C)(O)C1. The standard InChI is InChI=1S/C11H24N2O/c1-10(2,7-12-4)8-13-6-5-11(3,14)9-13/h12,14H,5-9H2,1-4H3. The van der Waals surface area contributed by atoms with Crippen LogP contribution in [0.4, 0.5) is 0 Å². The van der Waals surface area contributed by atoms with Gasteiger partial charge in [-0.15, -0.1) is 0 Å². The molecule has 1 fully saturated rings. The molecule has 3 heteroatoms. The summed E-state index contributed by atoms with van der Waals surface area (Å²) in [4.78, 5) is 2.36. The molecule has 0 spiro atoms. The number of hydrogen-bond donors (Lipinski definition) is 2. The Balaban J connectivity index is 2.39. The Morgan fingerprint density at radius 2 is 2.14 bits per heavy atom. The van der Waals surface area contributed by atoms with Crippen molar-refractivity contribution >= 4 is 0 Å². The van der Waals surface area contributed by atoms with Crippen LogP contribution in [0.25, 0.3) is 0 Å². The fourth-order valence-corrected chi connectivity index (χ4v) is 2.31. The zero-order chi connectivity index (χ0) is 10.8. The van der Waals surface area contributed by atoms with Gasteiger partial charge in [-0.25, -0.2) is 0 Å². The van der Waals surface area contributed by atoms with Gasteiger partial charge in [-0.05, 0) is 25.8 Å². The lowest BCUT2D eigenvalue weighted by Gasteiger charge is -2.30. The molecule has 1 rings (SSSR count). The molecule has 0 radical (unpaired) electrons. The summed E-state index contributed by atoms with van der Waals surface area (Å²) in [5, 5.41) is 13.0. The number of β-amino-alcohol motifs (C(OH)–C–C–N with tert-alkyl or cyclic N) is 1. The van der Waals surface area contributed by atoms with Crippen LogP contribution in [0.15, 0.2) is 0 Å². The Morgan fingerprint density at radius 3 is 2.57 bits per heavy atom. The van der Waals surface area contributed by atoms with E-state index in [2.05, 4.69) is 24.1 Å². The zero-order valence-corrected chi connectivity index (χ0v) is 9.93. The van der Waals surface area contributed by atoms with Gasteiger partial charge in [0, 0.05) is 26.2 Å². The predicted molar refractivity (Wildman–Crippen MR) is 59.4 cm³/mol. The third-order valence-corrected chi connectivity index (χ3v) is 2.84. The predicted octanol–water partition coefficient (Wildman–Crippen LogP) is 0.689. The van der Waals surface area contributed by atoms with E-state index in [4.69, 9.17) is 0 Å². The largest absolute Gasteiger partial charge is 0.389 e. The second-order valence-corrected chi connectivity index (χ2v) is 5.65. The van der Waals surface area contributed by atoms with Gasteiger partial charge in [0.25, 0.3) is 0 Å². The molecule has 0 aliphatic carbocycles. The van der Waals surface area contributed by atoms with Gasteiger partial charge in [0.05, 0.1) is 5.60 Å². The third-order valence-electron chi connectivity index (χ3n) is 2.84. The summed E-state index contributed by atoms with van der Waals surface area (Å²) in [6, 6.07) is 0. The normalized spacial score (nSPS) is 29.8. The topological polar surface area (TPSA) is 35.5 Å². The van der Waals surface area contributed by atoms with E-state index >= 15 is 0 Å². The Morgan fingerprint density at radius 1 is 1.50 bits per heavy atom. The summed E-state index contributed by atoms with van der Waals surface area (Å²) < 4.78 is 0. The van der Waals surface area contributed by atoms with E-state index in [9.17, 15) is 5.11 Å². The lowest BCUT2D eigenvalue weighted by Crippen LogP contribution is -2.40. The van der Waals surface area contributed by atoms with E-state index < -0.39 is 5.60 Å². The van der Waals surface area contributed by atoms with Crippen molar-refractivity contribution in [2.75, 3.05) is 33.2 Å². The van der Waals surface area contributed by atoms with Crippen LogP contribution in [-0.4, -0.2) is 48.8 Å². The summed E-state index contributed by atoms with van der Waals surface area (Å²) in [7, 11) is 1.99. The van der Waals surface area contributed by atoms with E-state index in [1.54, 1.807) is 0 Å². The van der Waals surface area contributed by atoms with Crippen LogP contribution in [-0.2, 0) is 0 Å². The minimum atomic E-state index is -0.463. The number of nitrogens with one attached hydrogen (secondary N) is 1. The molecule has 0 aromatic heterocycles. The maximum Gasteiger partial charge on any atom is 0.0758 e. The van der Waals surface area contributed by atoms with Gasteiger partial charge < -0.3 is 10.4 Å². The first-order valence-electron chi connectivity index (χ1n) is 5.44. The molecule has 84 valence electrons. The maximum absolute atomic E-state index is 9.83. The maximum atomic E-state index is 9.83. The van der Waals surface area contributed by atoms with Crippen molar-refractivity contribution in [3.8, 4) is 0 Å². The molecular formula is C11H24N2O. The van der Waals surface area contributed by atoms with Gasteiger partial charge in [0.2, 0.25) is 0 Å². The van der Waals surface area contributed by atoms with Crippen molar-refractivity contribution in [1.82, 2.24) is 10.2 Å². The highest BCUT2D eigenvalue weighted by Gasteiger charge is 2.33. The van der Waals surface area contributed by atoms with Crippen molar-refractivity contribution in [3.05, 3.63) is 0 Å². The van der Waals surface area contributed by atoms with E-state index in [1.807, 2.05) is 14.0 Å². The third kappa shape index (κ3) is 3.56. The van der Waals surface area contributed by atoms with E-state index in [-0.39, 0.29) is 5.41 Å². The van der Waals surface area contributed by atoms with Crippen LogP contribution in [0, 0.1) is 5.41 Å². The quantitative estimate of drug-likeness (QED) is 0.701. The molecule has 0 aromatic rings. The zero-order valence-electron chi connectivity index (χ0n) is 9.93. The second kappa shape index (κ2) is 4.17. The molecule has 0 amide bonds. The van der Waals surface area contributed by atoms with Crippen molar-refractivity contribution in [3.63, 3.8) is 0 Å². The first-order chi connectivity index (χ1) is 6.35. The second-order valence-electron chi connectivity index (χ2n) is 5.65. The van der Waals surface area contributed by atoms with Gasteiger partial charge in [0.1, 0.15) is 0 Å². The number of rotatable bonds is 4. The van der Waals surface area contributed by atoms with Crippen LogP contribution in [0.1, 0.15) is 27.2 Å². The highest BCUT2D eigenvalue weighted by Crippen LogP contribution is 2.24. The average molecular weight is 200 g/mol. The van der Waals surface area contributed by atoms with Crippen LogP contribution in [0.3, 0.4) is 0 Å². The molecule has 1 heterocycles. The van der Waals surface area contributed by atoms with Crippen molar-refractivity contribution in [2.45, 2.75) is 32.8 Å².